The van der Waals surface area contributed by atoms with Crippen LogP contribution in [0, 0.1) is 0 Å². The Morgan fingerprint density at radius 1 is 1.33 bits per heavy atom. The van der Waals surface area contributed by atoms with Crippen molar-refractivity contribution in [3.05, 3.63) is 0 Å². The molecule has 5 nitrogen and oxygen atoms in total. The summed E-state index contributed by atoms with van der Waals surface area (Å²) in [7, 11) is 0. The Bertz CT molecular complexity index is 219. The maximum Gasteiger partial charge on any atom is 0.326 e. The number of carboxylic acids is 1. The molecule has 0 aromatic heterocycles. The van der Waals surface area contributed by atoms with E-state index >= 15 is 0 Å². The smallest absolute Gasteiger partial charge is 0.326 e. The van der Waals surface area contributed by atoms with Crippen molar-refractivity contribution in [1.29, 1.82) is 0 Å². The fourth-order valence-electron chi connectivity index (χ4n) is 1.29. The number of rotatable bonds is 7. The van der Waals surface area contributed by atoms with Gasteiger partial charge in [-0.2, -0.15) is 0 Å². The molecular formula is C10H20N2O3. The number of aliphatic carboxylic acids is 1. The highest BCUT2D eigenvalue weighted by Crippen LogP contribution is 1.95. The molecule has 0 aliphatic rings. The van der Waals surface area contributed by atoms with Crippen LogP contribution in [-0.2, 0) is 9.59 Å². The van der Waals surface area contributed by atoms with Crippen molar-refractivity contribution in [3.8, 4) is 0 Å². The van der Waals surface area contributed by atoms with Gasteiger partial charge in [-0.3, -0.25) is 4.79 Å². The minimum absolute atomic E-state index is 0.0706. The van der Waals surface area contributed by atoms with Gasteiger partial charge in [0.1, 0.15) is 6.04 Å². The third-order valence-corrected chi connectivity index (χ3v) is 2.09. The molecule has 2 atom stereocenters. The molecule has 15 heavy (non-hydrogen) atoms. The first-order valence-corrected chi connectivity index (χ1v) is 5.26. The Morgan fingerprint density at radius 2 is 1.93 bits per heavy atom. The predicted octanol–water partition coefficient (Wildman–Crippen LogP) is 0.354. The van der Waals surface area contributed by atoms with E-state index < -0.39 is 12.0 Å². The second-order valence-corrected chi connectivity index (χ2v) is 3.53. The van der Waals surface area contributed by atoms with E-state index in [9.17, 15) is 9.59 Å². The van der Waals surface area contributed by atoms with Crippen LogP contribution < -0.4 is 10.6 Å². The first-order chi connectivity index (χ1) is 7.01. The summed E-state index contributed by atoms with van der Waals surface area (Å²) in [6.07, 6.45) is 0.703. The van der Waals surface area contributed by atoms with Crippen LogP contribution in [-0.4, -0.2) is 35.6 Å². The topological polar surface area (TPSA) is 78.4 Å². The molecule has 0 spiro atoms. The number of carbonyl (C=O) groups excluding carboxylic acids is 1. The van der Waals surface area contributed by atoms with Gasteiger partial charge in [0.25, 0.3) is 0 Å². The highest BCUT2D eigenvalue weighted by Gasteiger charge is 2.18. The molecule has 0 rings (SSSR count). The SMILES string of the molecule is CCNC(C)CC(=O)NC(CC)C(=O)O. The Labute approximate surface area is 90.2 Å². The summed E-state index contributed by atoms with van der Waals surface area (Å²) in [4.78, 5) is 22.0. The van der Waals surface area contributed by atoms with Gasteiger partial charge in [-0.25, -0.2) is 4.79 Å². The van der Waals surface area contributed by atoms with Crippen LogP contribution in [0.15, 0.2) is 0 Å². The molecule has 88 valence electrons. The third-order valence-electron chi connectivity index (χ3n) is 2.09. The van der Waals surface area contributed by atoms with Crippen molar-refractivity contribution in [3.63, 3.8) is 0 Å². The Hall–Kier alpha value is -1.10. The molecule has 0 aliphatic heterocycles. The van der Waals surface area contributed by atoms with Crippen molar-refractivity contribution in [2.45, 2.75) is 45.7 Å². The van der Waals surface area contributed by atoms with Crippen LogP contribution in [0.3, 0.4) is 0 Å². The quantitative estimate of drug-likeness (QED) is 0.574. The normalized spacial score (nSPS) is 14.3. The van der Waals surface area contributed by atoms with Crippen molar-refractivity contribution in [2.24, 2.45) is 0 Å². The fraction of sp³-hybridized carbons (Fsp3) is 0.800. The lowest BCUT2D eigenvalue weighted by Gasteiger charge is -2.15. The summed E-state index contributed by atoms with van der Waals surface area (Å²) in [5.41, 5.74) is 0. The molecule has 0 bridgehead atoms. The zero-order valence-electron chi connectivity index (χ0n) is 9.54. The van der Waals surface area contributed by atoms with Crippen molar-refractivity contribution >= 4 is 11.9 Å². The number of nitrogens with one attached hydrogen (secondary N) is 2. The molecule has 0 heterocycles. The van der Waals surface area contributed by atoms with Crippen LogP contribution >= 0.6 is 0 Å². The van der Waals surface area contributed by atoms with Gasteiger partial charge in [0.05, 0.1) is 0 Å². The molecule has 0 aromatic rings. The summed E-state index contributed by atoms with van der Waals surface area (Å²) in [5.74, 6) is -1.21. The van der Waals surface area contributed by atoms with Crippen molar-refractivity contribution in [2.75, 3.05) is 6.54 Å². The molecule has 5 heteroatoms. The third kappa shape index (κ3) is 6.06. The molecule has 3 N–H and O–H groups in total. The molecule has 0 radical (unpaired) electrons. The minimum atomic E-state index is -0.984. The Morgan fingerprint density at radius 3 is 2.33 bits per heavy atom. The van der Waals surface area contributed by atoms with E-state index in [2.05, 4.69) is 10.6 Å². The van der Waals surface area contributed by atoms with E-state index in [1.807, 2.05) is 13.8 Å². The standard InChI is InChI=1S/C10H20N2O3/c1-4-8(10(14)15)12-9(13)6-7(3)11-5-2/h7-8,11H,4-6H2,1-3H3,(H,12,13)(H,14,15). The van der Waals surface area contributed by atoms with E-state index in [0.29, 0.717) is 12.8 Å². The van der Waals surface area contributed by atoms with Gasteiger partial charge in [0, 0.05) is 12.5 Å². The van der Waals surface area contributed by atoms with Gasteiger partial charge < -0.3 is 15.7 Å². The monoisotopic (exact) mass is 216 g/mol. The highest BCUT2D eigenvalue weighted by atomic mass is 16.4. The molecule has 0 aliphatic carbocycles. The highest BCUT2D eigenvalue weighted by molar-refractivity contribution is 5.83. The van der Waals surface area contributed by atoms with Gasteiger partial charge in [-0.15, -0.1) is 0 Å². The maximum atomic E-state index is 11.4. The molecule has 0 saturated heterocycles. The lowest BCUT2D eigenvalue weighted by molar-refractivity contribution is -0.142. The number of amides is 1. The van der Waals surface area contributed by atoms with Gasteiger partial charge in [-0.05, 0) is 19.9 Å². The predicted molar refractivity (Wildman–Crippen MR) is 57.6 cm³/mol. The van der Waals surface area contributed by atoms with E-state index in [1.54, 1.807) is 6.92 Å². The van der Waals surface area contributed by atoms with Gasteiger partial charge in [0.2, 0.25) is 5.91 Å². The average molecular weight is 216 g/mol. The summed E-state index contributed by atoms with van der Waals surface area (Å²) in [6.45, 7) is 6.38. The van der Waals surface area contributed by atoms with E-state index in [-0.39, 0.29) is 11.9 Å². The van der Waals surface area contributed by atoms with Gasteiger partial charge in [0.15, 0.2) is 0 Å². The van der Waals surface area contributed by atoms with Crippen LogP contribution in [0.4, 0.5) is 0 Å². The largest absolute Gasteiger partial charge is 0.480 e. The molecule has 0 aromatic carbocycles. The molecule has 2 unspecified atom stereocenters. The van der Waals surface area contributed by atoms with E-state index in [1.165, 1.54) is 0 Å². The number of hydrogen-bond donors (Lipinski definition) is 3. The molecule has 1 amide bonds. The first-order valence-electron chi connectivity index (χ1n) is 5.26. The van der Waals surface area contributed by atoms with Crippen molar-refractivity contribution in [1.82, 2.24) is 10.6 Å². The molecular weight excluding hydrogens is 196 g/mol. The summed E-state index contributed by atoms with van der Waals surface area (Å²) >= 11 is 0. The second-order valence-electron chi connectivity index (χ2n) is 3.53. The summed E-state index contributed by atoms with van der Waals surface area (Å²) in [6, 6.07) is -0.701. The van der Waals surface area contributed by atoms with Crippen LogP contribution in [0.1, 0.15) is 33.6 Å². The van der Waals surface area contributed by atoms with Crippen LogP contribution in [0.5, 0.6) is 0 Å². The van der Waals surface area contributed by atoms with Crippen molar-refractivity contribution < 1.29 is 14.7 Å². The second kappa shape index (κ2) is 7.23. The lowest BCUT2D eigenvalue weighted by atomic mass is 10.2. The fourth-order valence-corrected chi connectivity index (χ4v) is 1.29. The Kier molecular flexibility index (Phi) is 6.70. The molecule has 0 fully saturated rings. The summed E-state index contributed by atoms with van der Waals surface area (Å²) < 4.78 is 0. The zero-order chi connectivity index (χ0) is 11.8. The maximum absolute atomic E-state index is 11.4. The minimum Gasteiger partial charge on any atom is -0.480 e. The van der Waals surface area contributed by atoms with Gasteiger partial charge in [-0.1, -0.05) is 13.8 Å². The zero-order valence-corrected chi connectivity index (χ0v) is 9.54. The number of carboxylic acid groups (broad SMARTS) is 1. The number of carbonyl (C=O) groups is 2. The Balaban J connectivity index is 3.96. The van der Waals surface area contributed by atoms with Crippen LogP contribution in [0.2, 0.25) is 0 Å². The van der Waals surface area contributed by atoms with E-state index in [0.717, 1.165) is 6.54 Å². The summed E-state index contributed by atoms with van der Waals surface area (Å²) in [5, 5.41) is 14.3. The molecule has 0 saturated carbocycles. The lowest BCUT2D eigenvalue weighted by Crippen LogP contribution is -2.42. The van der Waals surface area contributed by atoms with Crippen LogP contribution in [0.25, 0.3) is 0 Å². The first kappa shape index (κ1) is 13.9. The average Bonchev–Trinajstić information content (AvgIpc) is 2.13. The number of hydrogen-bond acceptors (Lipinski definition) is 3. The van der Waals surface area contributed by atoms with E-state index in [4.69, 9.17) is 5.11 Å². The van der Waals surface area contributed by atoms with Gasteiger partial charge >= 0.3 is 5.97 Å².